The van der Waals surface area contributed by atoms with Crippen LogP contribution in [0.3, 0.4) is 0 Å². The van der Waals surface area contributed by atoms with Gasteiger partial charge in [0.25, 0.3) is 0 Å². The first kappa shape index (κ1) is 21.7. The summed E-state index contributed by atoms with van der Waals surface area (Å²) in [6.07, 6.45) is 4.52. The molecule has 6 nitrogen and oxygen atoms in total. The second-order valence-electron chi connectivity index (χ2n) is 7.04. The zero-order chi connectivity index (χ0) is 21.5. The second kappa shape index (κ2) is 10.2. The Bertz CT molecular complexity index is 1000. The standard InChI is InChI=1S/C23H26ClN3O3/c1-16-14-19(9-10-20(16)24)30-13-5-8-21(28)26-22(23-25-11-12-27(23)2)17-6-4-7-18(15-17)29-3/h4,6-7,9-12,14-15,22H,5,8,13H2,1-3H3,(H,26,28). The number of methoxy groups -OCH3 is 1. The fraction of sp³-hybridized carbons (Fsp3) is 0.304. The third kappa shape index (κ3) is 5.54. The smallest absolute Gasteiger partial charge is 0.220 e. The lowest BCUT2D eigenvalue weighted by Crippen LogP contribution is -2.31. The van der Waals surface area contributed by atoms with Crippen LogP contribution in [0.2, 0.25) is 5.02 Å². The van der Waals surface area contributed by atoms with E-state index in [1.807, 2.05) is 67.2 Å². The molecule has 0 aliphatic heterocycles. The van der Waals surface area contributed by atoms with Gasteiger partial charge in [-0.15, -0.1) is 0 Å². The SMILES string of the molecule is COc1cccc(C(NC(=O)CCCOc2ccc(Cl)c(C)c2)c2nccn2C)c1. The van der Waals surface area contributed by atoms with Crippen molar-refractivity contribution in [3.8, 4) is 11.5 Å². The molecule has 1 aromatic heterocycles. The van der Waals surface area contributed by atoms with Gasteiger partial charge < -0.3 is 19.4 Å². The summed E-state index contributed by atoms with van der Waals surface area (Å²) in [4.78, 5) is 17.1. The number of amides is 1. The van der Waals surface area contributed by atoms with Crippen LogP contribution >= 0.6 is 11.6 Å². The predicted molar refractivity (Wildman–Crippen MR) is 117 cm³/mol. The third-order valence-electron chi connectivity index (χ3n) is 4.80. The molecule has 0 aliphatic rings. The molecule has 0 radical (unpaired) electrons. The number of ether oxygens (including phenoxy) is 2. The van der Waals surface area contributed by atoms with Gasteiger partial charge >= 0.3 is 0 Å². The van der Waals surface area contributed by atoms with Crippen LogP contribution in [0.1, 0.15) is 35.8 Å². The zero-order valence-corrected chi connectivity index (χ0v) is 18.1. The number of nitrogens with one attached hydrogen (secondary N) is 1. The molecule has 1 amide bonds. The quantitative estimate of drug-likeness (QED) is 0.512. The van der Waals surface area contributed by atoms with Crippen molar-refractivity contribution in [2.45, 2.75) is 25.8 Å². The maximum absolute atomic E-state index is 12.6. The summed E-state index contributed by atoms with van der Waals surface area (Å²) in [7, 11) is 3.53. The molecular weight excluding hydrogens is 402 g/mol. The minimum atomic E-state index is -0.368. The molecule has 0 fully saturated rings. The lowest BCUT2D eigenvalue weighted by molar-refractivity contribution is -0.121. The highest BCUT2D eigenvalue weighted by Gasteiger charge is 2.21. The van der Waals surface area contributed by atoms with Gasteiger partial charge in [0.05, 0.1) is 13.7 Å². The van der Waals surface area contributed by atoms with Crippen molar-refractivity contribution >= 4 is 17.5 Å². The first-order chi connectivity index (χ1) is 14.5. The highest BCUT2D eigenvalue weighted by Crippen LogP contribution is 2.24. The zero-order valence-electron chi connectivity index (χ0n) is 17.4. The number of aryl methyl sites for hydroxylation is 2. The Kier molecular flexibility index (Phi) is 7.36. The van der Waals surface area contributed by atoms with Gasteiger partial charge in [0.15, 0.2) is 0 Å². The van der Waals surface area contributed by atoms with E-state index in [9.17, 15) is 4.79 Å². The summed E-state index contributed by atoms with van der Waals surface area (Å²) in [5, 5.41) is 3.80. The number of imidazole rings is 1. The van der Waals surface area contributed by atoms with Gasteiger partial charge in [-0.3, -0.25) is 4.79 Å². The average molecular weight is 428 g/mol. The number of carbonyl (C=O) groups is 1. The summed E-state index contributed by atoms with van der Waals surface area (Å²) in [6.45, 7) is 2.37. The van der Waals surface area contributed by atoms with E-state index in [4.69, 9.17) is 21.1 Å². The summed E-state index contributed by atoms with van der Waals surface area (Å²) in [5.74, 6) is 2.17. The van der Waals surface area contributed by atoms with E-state index in [-0.39, 0.29) is 11.9 Å². The van der Waals surface area contributed by atoms with E-state index in [1.54, 1.807) is 13.3 Å². The van der Waals surface area contributed by atoms with Gasteiger partial charge in [-0.25, -0.2) is 4.98 Å². The number of nitrogens with zero attached hydrogens (tertiary/aromatic N) is 2. The molecule has 30 heavy (non-hydrogen) atoms. The van der Waals surface area contributed by atoms with Crippen LogP contribution in [-0.2, 0) is 11.8 Å². The van der Waals surface area contributed by atoms with Crippen LogP contribution in [0.5, 0.6) is 11.5 Å². The molecule has 3 aromatic rings. The molecule has 0 saturated heterocycles. The molecule has 2 aromatic carbocycles. The van der Waals surface area contributed by atoms with Gasteiger partial charge in [-0.1, -0.05) is 23.7 Å². The third-order valence-corrected chi connectivity index (χ3v) is 5.22. The number of hydrogen-bond acceptors (Lipinski definition) is 4. The molecular formula is C23H26ClN3O3. The van der Waals surface area contributed by atoms with E-state index in [0.29, 0.717) is 24.5 Å². The van der Waals surface area contributed by atoms with Crippen molar-refractivity contribution in [2.75, 3.05) is 13.7 Å². The molecule has 0 bridgehead atoms. The van der Waals surface area contributed by atoms with Gasteiger partial charge in [-0.2, -0.15) is 0 Å². The van der Waals surface area contributed by atoms with Crippen LogP contribution in [0, 0.1) is 6.92 Å². The molecule has 7 heteroatoms. The lowest BCUT2D eigenvalue weighted by atomic mass is 10.1. The van der Waals surface area contributed by atoms with Gasteiger partial charge in [0.1, 0.15) is 23.4 Å². The fourth-order valence-corrected chi connectivity index (χ4v) is 3.25. The van der Waals surface area contributed by atoms with Gasteiger partial charge in [0.2, 0.25) is 5.91 Å². The summed E-state index contributed by atoms with van der Waals surface area (Å²) < 4.78 is 13.0. The number of benzene rings is 2. The first-order valence-corrected chi connectivity index (χ1v) is 10.1. The van der Waals surface area contributed by atoms with E-state index in [1.165, 1.54) is 0 Å². The Morgan fingerprint density at radius 1 is 1.23 bits per heavy atom. The number of aromatic nitrogens is 2. The van der Waals surface area contributed by atoms with Crippen LogP contribution in [0.25, 0.3) is 0 Å². The topological polar surface area (TPSA) is 65.4 Å². The Morgan fingerprint density at radius 3 is 2.77 bits per heavy atom. The molecule has 1 heterocycles. The predicted octanol–water partition coefficient (Wildman–Crippen LogP) is 4.46. The molecule has 0 spiro atoms. The normalized spacial score (nSPS) is 11.7. The Morgan fingerprint density at radius 2 is 2.07 bits per heavy atom. The molecule has 1 atom stereocenters. The summed E-state index contributed by atoms with van der Waals surface area (Å²) in [6, 6.07) is 12.8. The minimum Gasteiger partial charge on any atom is -0.497 e. The Balaban J connectivity index is 1.60. The largest absolute Gasteiger partial charge is 0.497 e. The number of halogens is 1. The monoisotopic (exact) mass is 427 g/mol. The molecule has 3 rings (SSSR count). The maximum atomic E-state index is 12.6. The highest BCUT2D eigenvalue weighted by atomic mass is 35.5. The Hall–Kier alpha value is -2.99. The number of carbonyl (C=O) groups excluding carboxylic acids is 1. The van der Waals surface area contributed by atoms with Crippen molar-refractivity contribution in [3.63, 3.8) is 0 Å². The van der Waals surface area contributed by atoms with E-state index < -0.39 is 0 Å². The van der Waals surface area contributed by atoms with Crippen LogP contribution in [0.15, 0.2) is 54.9 Å². The highest BCUT2D eigenvalue weighted by molar-refractivity contribution is 6.31. The number of rotatable bonds is 9. The van der Waals surface area contributed by atoms with Crippen LogP contribution in [0.4, 0.5) is 0 Å². The van der Waals surface area contributed by atoms with Crippen molar-refractivity contribution in [2.24, 2.45) is 7.05 Å². The number of hydrogen-bond donors (Lipinski definition) is 1. The van der Waals surface area contributed by atoms with Crippen molar-refractivity contribution < 1.29 is 14.3 Å². The molecule has 1 unspecified atom stereocenters. The lowest BCUT2D eigenvalue weighted by Gasteiger charge is -2.20. The summed E-state index contributed by atoms with van der Waals surface area (Å²) >= 11 is 6.03. The maximum Gasteiger partial charge on any atom is 0.220 e. The first-order valence-electron chi connectivity index (χ1n) is 9.77. The van der Waals surface area contributed by atoms with Crippen molar-refractivity contribution in [1.29, 1.82) is 0 Å². The van der Waals surface area contributed by atoms with Crippen LogP contribution < -0.4 is 14.8 Å². The minimum absolute atomic E-state index is 0.0679. The Labute approximate surface area is 181 Å². The van der Waals surface area contributed by atoms with Crippen LogP contribution in [-0.4, -0.2) is 29.2 Å². The van der Waals surface area contributed by atoms with E-state index >= 15 is 0 Å². The van der Waals surface area contributed by atoms with Gasteiger partial charge in [-0.05, 0) is 54.8 Å². The van der Waals surface area contributed by atoms with Gasteiger partial charge in [0, 0.05) is 30.9 Å². The molecule has 0 saturated carbocycles. The molecule has 1 N–H and O–H groups in total. The second-order valence-corrected chi connectivity index (χ2v) is 7.44. The van der Waals surface area contributed by atoms with Crippen molar-refractivity contribution in [1.82, 2.24) is 14.9 Å². The van der Waals surface area contributed by atoms with E-state index in [2.05, 4.69) is 10.3 Å². The fourth-order valence-electron chi connectivity index (χ4n) is 3.14. The van der Waals surface area contributed by atoms with E-state index in [0.717, 1.165) is 28.5 Å². The summed E-state index contributed by atoms with van der Waals surface area (Å²) in [5.41, 5.74) is 1.87. The van der Waals surface area contributed by atoms with Crippen molar-refractivity contribution in [3.05, 3.63) is 76.8 Å². The molecule has 0 aliphatic carbocycles. The molecule has 158 valence electrons. The average Bonchev–Trinajstić information content (AvgIpc) is 3.17.